The number of carbonyl (C=O) groups excluding carboxylic acids is 1. The van der Waals surface area contributed by atoms with E-state index in [1.165, 1.54) is 11.0 Å². The first-order valence-electron chi connectivity index (χ1n) is 13.6. The van der Waals surface area contributed by atoms with Crippen molar-refractivity contribution in [2.24, 2.45) is 14.1 Å². The molecule has 42 heavy (non-hydrogen) atoms. The maximum atomic E-state index is 14.3. The van der Waals surface area contributed by atoms with Gasteiger partial charge < -0.3 is 15.2 Å². The number of hydrogen-bond acceptors (Lipinski definition) is 7. The number of carbonyl (C=O) groups is 1. The summed E-state index contributed by atoms with van der Waals surface area (Å²) >= 11 is 0. The van der Waals surface area contributed by atoms with Crippen LogP contribution in [0.3, 0.4) is 0 Å². The van der Waals surface area contributed by atoms with Crippen LogP contribution in [0.4, 0.5) is 34.9 Å². The Morgan fingerprint density at radius 2 is 1.90 bits per heavy atom. The number of fused-ring (bicyclic) bond motifs is 1. The molecule has 4 aromatic rings. The van der Waals surface area contributed by atoms with Gasteiger partial charge >= 0.3 is 6.18 Å². The van der Waals surface area contributed by atoms with E-state index in [0.29, 0.717) is 47.8 Å². The quantitative estimate of drug-likeness (QED) is 0.289. The van der Waals surface area contributed by atoms with E-state index >= 15 is 0 Å². The highest BCUT2D eigenvalue weighted by Gasteiger charge is 2.41. The molecule has 3 aromatic heterocycles. The van der Waals surface area contributed by atoms with Crippen molar-refractivity contribution in [1.29, 1.82) is 0 Å². The lowest BCUT2D eigenvalue weighted by Gasteiger charge is -2.18. The molecule has 1 amide bonds. The SMILES string of the molecule is CCNc1cc(-c2c(-c3nncn3C)cnn2C)cc(N2Cc3c(cc(NC4CC[C@@H](F)C4)cc3C(F)(F)F)C2=O)n1. The second kappa shape index (κ2) is 10.4. The fraction of sp³-hybridized carbons (Fsp3) is 0.393. The number of nitrogens with zero attached hydrogens (tertiary/aromatic N) is 7. The molecule has 2 aliphatic rings. The Labute approximate surface area is 238 Å². The third-order valence-corrected chi connectivity index (χ3v) is 7.70. The lowest BCUT2D eigenvalue weighted by Crippen LogP contribution is -2.24. The van der Waals surface area contributed by atoms with Crippen LogP contribution in [0.15, 0.2) is 36.8 Å². The second-order valence-corrected chi connectivity index (χ2v) is 10.6. The molecule has 1 aromatic carbocycles. The largest absolute Gasteiger partial charge is 0.416 e. The van der Waals surface area contributed by atoms with Gasteiger partial charge in [0.2, 0.25) is 0 Å². The average molecular weight is 584 g/mol. The summed E-state index contributed by atoms with van der Waals surface area (Å²) in [6, 6.07) is 5.60. The van der Waals surface area contributed by atoms with Gasteiger partial charge in [0.1, 0.15) is 24.1 Å². The fourth-order valence-corrected chi connectivity index (χ4v) is 5.76. The van der Waals surface area contributed by atoms with Crippen LogP contribution in [0.25, 0.3) is 22.6 Å². The van der Waals surface area contributed by atoms with Gasteiger partial charge in [0.15, 0.2) is 5.82 Å². The molecule has 1 unspecified atom stereocenters. The highest BCUT2D eigenvalue weighted by atomic mass is 19.4. The number of halogens is 4. The lowest BCUT2D eigenvalue weighted by molar-refractivity contribution is -0.138. The Morgan fingerprint density at radius 1 is 1.10 bits per heavy atom. The highest BCUT2D eigenvalue weighted by Crippen LogP contribution is 2.42. The van der Waals surface area contributed by atoms with Crippen LogP contribution < -0.4 is 15.5 Å². The summed E-state index contributed by atoms with van der Waals surface area (Å²) in [6.45, 7) is 2.11. The molecule has 14 heteroatoms. The second-order valence-electron chi connectivity index (χ2n) is 10.6. The van der Waals surface area contributed by atoms with Crippen molar-refractivity contribution in [2.45, 2.75) is 51.1 Å². The van der Waals surface area contributed by atoms with Crippen molar-refractivity contribution in [1.82, 2.24) is 29.5 Å². The van der Waals surface area contributed by atoms with Gasteiger partial charge in [-0.1, -0.05) is 0 Å². The van der Waals surface area contributed by atoms with Crippen LogP contribution in [0.1, 0.15) is 47.7 Å². The molecule has 10 nitrogen and oxygen atoms in total. The number of alkyl halides is 4. The normalized spacial score (nSPS) is 18.5. The standard InChI is InChI=1S/C28H29F4N9O/c1-4-33-23-7-15(25-20(12-35-40(25)3)26-38-34-14-39(26)2)8-24(37-23)41-13-21-19(27(41)42)10-18(11-22(21)28(30,31)32)36-17-6-5-16(29)9-17/h7-8,10-12,14,16-17,36H,4-6,9,13H2,1-3H3,(H,33,37)/t16-,17?/m1/s1. The molecule has 0 radical (unpaired) electrons. The van der Waals surface area contributed by atoms with Crippen molar-refractivity contribution in [2.75, 3.05) is 22.1 Å². The molecule has 1 aliphatic carbocycles. The van der Waals surface area contributed by atoms with Crippen molar-refractivity contribution >= 4 is 23.2 Å². The van der Waals surface area contributed by atoms with Gasteiger partial charge in [-0.05, 0) is 56.0 Å². The summed E-state index contributed by atoms with van der Waals surface area (Å²) in [6.07, 6.45) is -1.39. The Bertz CT molecular complexity index is 1660. The van der Waals surface area contributed by atoms with Crippen LogP contribution >= 0.6 is 0 Å². The molecule has 1 aliphatic heterocycles. The minimum Gasteiger partial charge on any atom is -0.382 e. The molecule has 6 rings (SSSR count). The van der Waals surface area contributed by atoms with Gasteiger partial charge in [0.05, 0.1) is 29.6 Å². The summed E-state index contributed by atoms with van der Waals surface area (Å²) in [4.78, 5) is 19.6. The van der Waals surface area contributed by atoms with Crippen molar-refractivity contribution in [3.05, 3.63) is 53.5 Å². The molecule has 1 saturated carbocycles. The van der Waals surface area contributed by atoms with E-state index in [1.54, 1.807) is 48.0 Å². The zero-order valence-corrected chi connectivity index (χ0v) is 23.2. The minimum absolute atomic E-state index is 0.0559. The van der Waals surface area contributed by atoms with Gasteiger partial charge in [0, 0.05) is 43.5 Å². The first-order chi connectivity index (χ1) is 20.0. The zero-order valence-electron chi connectivity index (χ0n) is 23.2. The number of hydrogen-bond donors (Lipinski definition) is 2. The Morgan fingerprint density at radius 3 is 2.57 bits per heavy atom. The molecule has 220 valence electrons. The van der Waals surface area contributed by atoms with E-state index in [1.807, 2.05) is 6.92 Å². The van der Waals surface area contributed by atoms with Crippen molar-refractivity contribution < 1.29 is 22.4 Å². The number of anilines is 3. The molecule has 1 fully saturated rings. The highest BCUT2D eigenvalue weighted by molar-refractivity contribution is 6.10. The first kappa shape index (κ1) is 27.7. The molecular formula is C28H29F4N9O. The maximum Gasteiger partial charge on any atom is 0.416 e. The number of benzene rings is 1. The smallest absolute Gasteiger partial charge is 0.382 e. The summed E-state index contributed by atoms with van der Waals surface area (Å²) in [7, 11) is 3.57. The van der Waals surface area contributed by atoms with E-state index in [0.717, 1.165) is 6.07 Å². The van der Waals surface area contributed by atoms with Gasteiger partial charge in [-0.25, -0.2) is 9.37 Å². The van der Waals surface area contributed by atoms with Crippen LogP contribution in [0.5, 0.6) is 0 Å². The van der Waals surface area contributed by atoms with E-state index in [-0.39, 0.29) is 41.6 Å². The van der Waals surface area contributed by atoms with Crippen LogP contribution in [-0.4, -0.2) is 54.2 Å². The Hall–Kier alpha value is -4.49. The number of amides is 1. The first-order valence-corrected chi connectivity index (χ1v) is 13.6. The lowest BCUT2D eigenvalue weighted by atomic mass is 10.0. The van der Waals surface area contributed by atoms with E-state index < -0.39 is 23.8 Å². The molecule has 2 atom stereocenters. The predicted octanol–water partition coefficient (Wildman–Crippen LogP) is 5.19. The average Bonchev–Trinajstić information content (AvgIpc) is 3.71. The number of aromatic nitrogens is 6. The number of nitrogens with one attached hydrogen (secondary N) is 2. The zero-order chi connectivity index (χ0) is 29.8. The topological polar surface area (TPSA) is 106 Å². The fourth-order valence-electron chi connectivity index (χ4n) is 5.76. The predicted molar refractivity (Wildman–Crippen MR) is 149 cm³/mol. The molecule has 4 heterocycles. The van der Waals surface area contributed by atoms with Crippen molar-refractivity contribution in [3.63, 3.8) is 0 Å². The Kier molecular flexibility index (Phi) is 6.86. The van der Waals surface area contributed by atoms with Gasteiger partial charge in [-0.3, -0.25) is 14.4 Å². The minimum atomic E-state index is -4.69. The number of aryl methyl sites for hydroxylation is 2. The maximum absolute atomic E-state index is 14.3. The van der Waals surface area contributed by atoms with Crippen molar-refractivity contribution in [3.8, 4) is 22.6 Å². The van der Waals surface area contributed by atoms with Crippen LogP contribution in [0.2, 0.25) is 0 Å². The number of rotatable bonds is 7. The molecule has 0 spiro atoms. The monoisotopic (exact) mass is 583 g/mol. The molecular weight excluding hydrogens is 554 g/mol. The third kappa shape index (κ3) is 4.94. The van der Waals surface area contributed by atoms with E-state index in [4.69, 9.17) is 0 Å². The van der Waals surface area contributed by atoms with Crippen LogP contribution in [-0.2, 0) is 26.8 Å². The Balaban J connectivity index is 1.42. The van der Waals surface area contributed by atoms with E-state index in [9.17, 15) is 22.4 Å². The van der Waals surface area contributed by atoms with Crippen LogP contribution in [0, 0.1) is 0 Å². The number of pyridine rings is 1. The van der Waals surface area contributed by atoms with Gasteiger partial charge in [-0.15, -0.1) is 10.2 Å². The summed E-state index contributed by atoms with van der Waals surface area (Å²) in [5, 5.41) is 18.7. The summed E-state index contributed by atoms with van der Waals surface area (Å²) in [5.41, 5.74) is 1.07. The summed E-state index contributed by atoms with van der Waals surface area (Å²) < 4.78 is 59.9. The molecule has 0 bridgehead atoms. The molecule has 2 N–H and O–H groups in total. The van der Waals surface area contributed by atoms with E-state index in [2.05, 4.69) is 30.9 Å². The third-order valence-electron chi connectivity index (χ3n) is 7.70. The van der Waals surface area contributed by atoms with Gasteiger partial charge in [-0.2, -0.15) is 18.3 Å². The van der Waals surface area contributed by atoms with Gasteiger partial charge in [0.25, 0.3) is 5.91 Å². The molecule has 0 saturated heterocycles. The summed E-state index contributed by atoms with van der Waals surface area (Å²) in [5.74, 6) is 0.606.